The summed E-state index contributed by atoms with van der Waals surface area (Å²) in [6.07, 6.45) is 11.7. The van der Waals surface area contributed by atoms with E-state index in [1.807, 2.05) is 30.1 Å². The Morgan fingerprint density at radius 2 is 1.87 bits per heavy atom. The van der Waals surface area contributed by atoms with Gasteiger partial charge in [-0.15, -0.1) is 0 Å². The third-order valence-corrected chi connectivity index (χ3v) is 10.5. The predicted molar refractivity (Wildman–Crippen MR) is 186 cm³/mol. The average Bonchev–Trinajstić information content (AvgIpc) is 3.70. The minimum atomic E-state index is -0.482. The third-order valence-electron chi connectivity index (χ3n) is 8.57. The number of nitrogens with zero attached hydrogens (tertiary/aromatic N) is 8. The summed E-state index contributed by atoms with van der Waals surface area (Å²) < 4.78 is 8.54. The van der Waals surface area contributed by atoms with Crippen molar-refractivity contribution in [1.82, 2.24) is 34.6 Å². The quantitative estimate of drug-likeness (QED) is 0.197. The van der Waals surface area contributed by atoms with E-state index >= 15 is 0 Å². The van der Waals surface area contributed by atoms with Gasteiger partial charge in [-0.25, -0.2) is 4.98 Å². The Hall–Kier alpha value is -3.86. The normalized spacial score (nSPS) is 16.8. The topological polar surface area (TPSA) is 109 Å². The van der Waals surface area contributed by atoms with Gasteiger partial charge in [0.25, 0.3) is 0 Å². The van der Waals surface area contributed by atoms with Crippen LogP contribution in [0.1, 0.15) is 12.8 Å². The van der Waals surface area contributed by atoms with Gasteiger partial charge in [-0.2, -0.15) is 10.1 Å². The second-order valence-electron chi connectivity index (χ2n) is 11.7. The van der Waals surface area contributed by atoms with Crippen molar-refractivity contribution < 1.29 is 4.74 Å². The van der Waals surface area contributed by atoms with Crippen LogP contribution in [0.5, 0.6) is 5.75 Å². The first-order chi connectivity index (χ1) is 21.9. The number of aromatic nitrogens is 6. The number of piperazine rings is 1. The summed E-state index contributed by atoms with van der Waals surface area (Å²) in [6.45, 7) is 8.70. The van der Waals surface area contributed by atoms with Crippen LogP contribution in [0.15, 0.2) is 59.7 Å². The van der Waals surface area contributed by atoms with Gasteiger partial charge in [-0.1, -0.05) is 7.92 Å². The molecule has 45 heavy (non-hydrogen) atoms. The maximum absolute atomic E-state index is 5.95. The lowest BCUT2D eigenvalue weighted by molar-refractivity contribution is 0.231. The molecule has 0 bridgehead atoms. The zero-order chi connectivity index (χ0) is 31.1. The van der Waals surface area contributed by atoms with E-state index in [2.05, 4.69) is 88.1 Å². The van der Waals surface area contributed by atoms with E-state index in [0.29, 0.717) is 17.8 Å². The van der Waals surface area contributed by atoms with Gasteiger partial charge in [0.05, 0.1) is 34.5 Å². The summed E-state index contributed by atoms with van der Waals surface area (Å²) in [5, 5.41) is 12.6. The molecule has 3 aromatic heterocycles. The highest BCUT2D eigenvalue weighted by molar-refractivity contribution is 9.10. The number of benzene rings is 2. The van der Waals surface area contributed by atoms with Crippen LogP contribution < -0.4 is 25.6 Å². The van der Waals surface area contributed by atoms with Crippen molar-refractivity contribution in [2.75, 3.05) is 62.2 Å². The largest absolute Gasteiger partial charge is 0.494 e. The molecule has 2 saturated heterocycles. The van der Waals surface area contributed by atoms with Crippen LogP contribution in [0, 0.1) is 0 Å². The first-order valence-corrected chi connectivity index (χ1v) is 18.1. The van der Waals surface area contributed by atoms with Gasteiger partial charge in [0, 0.05) is 91.4 Å². The van der Waals surface area contributed by atoms with E-state index in [-0.39, 0.29) is 0 Å². The molecule has 232 valence electrons. The maximum atomic E-state index is 5.95. The molecule has 0 spiro atoms. The molecule has 5 aromatic rings. The summed E-state index contributed by atoms with van der Waals surface area (Å²) in [7, 11) is 3.17. The lowest BCUT2D eigenvalue weighted by Gasteiger charge is -2.39. The van der Waals surface area contributed by atoms with E-state index < -0.39 is 7.92 Å². The number of ether oxygens (including phenoxy) is 1. The molecule has 0 aliphatic carbocycles. The van der Waals surface area contributed by atoms with Crippen molar-refractivity contribution in [3.63, 3.8) is 0 Å². The van der Waals surface area contributed by atoms with E-state index in [9.17, 15) is 0 Å². The fourth-order valence-electron chi connectivity index (χ4n) is 6.44. The molecule has 2 aliphatic rings. The number of methoxy groups -OCH3 is 1. The molecule has 0 radical (unpaired) electrons. The monoisotopic (exact) mass is 686 g/mol. The van der Waals surface area contributed by atoms with Crippen molar-refractivity contribution in [2.24, 2.45) is 7.05 Å². The number of fused-ring (bicyclic) bond motifs is 2. The van der Waals surface area contributed by atoms with Gasteiger partial charge < -0.3 is 20.3 Å². The van der Waals surface area contributed by atoms with Crippen molar-refractivity contribution in [2.45, 2.75) is 18.9 Å². The van der Waals surface area contributed by atoms with Crippen molar-refractivity contribution in [3.05, 3.63) is 59.7 Å². The number of nitrogens with one attached hydrogen (secondary N) is 2. The molecule has 13 heteroatoms. The minimum absolute atomic E-state index is 0.445. The number of aryl methyl sites for hydroxylation is 1. The third kappa shape index (κ3) is 5.94. The molecule has 0 saturated carbocycles. The van der Waals surface area contributed by atoms with Gasteiger partial charge in [0.15, 0.2) is 0 Å². The first kappa shape index (κ1) is 29.8. The van der Waals surface area contributed by atoms with E-state index in [4.69, 9.17) is 9.72 Å². The number of anilines is 5. The fourth-order valence-corrected chi connectivity index (χ4v) is 7.94. The van der Waals surface area contributed by atoms with Gasteiger partial charge >= 0.3 is 0 Å². The highest BCUT2D eigenvalue weighted by atomic mass is 79.9. The van der Waals surface area contributed by atoms with Crippen LogP contribution in [0.4, 0.5) is 28.8 Å². The number of hydrogen-bond donors (Lipinski definition) is 2. The maximum Gasteiger partial charge on any atom is 0.229 e. The number of hydrogen-bond acceptors (Lipinski definition) is 10. The smallest absolute Gasteiger partial charge is 0.229 e. The zero-order valence-electron chi connectivity index (χ0n) is 25.8. The van der Waals surface area contributed by atoms with Crippen molar-refractivity contribution in [1.29, 1.82) is 0 Å². The van der Waals surface area contributed by atoms with Gasteiger partial charge in [0.1, 0.15) is 11.6 Å². The molecule has 2 aliphatic heterocycles. The molecule has 2 fully saturated rings. The average molecular weight is 688 g/mol. The van der Waals surface area contributed by atoms with Gasteiger partial charge in [0.2, 0.25) is 5.95 Å². The van der Waals surface area contributed by atoms with Crippen LogP contribution in [0.2, 0.25) is 0 Å². The molecule has 1 atom stereocenters. The Morgan fingerprint density at radius 1 is 1.00 bits per heavy atom. The Labute approximate surface area is 272 Å². The van der Waals surface area contributed by atoms with E-state index in [1.54, 1.807) is 25.7 Å². The van der Waals surface area contributed by atoms with E-state index in [1.165, 1.54) is 19.4 Å². The Kier molecular flexibility index (Phi) is 8.29. The van der Waals surface area contributed by atoms with Crippen LogP contribution >= 0.6 is 23.9 Å². The summed E-state index contributed by atoms with van der Waals surface area (Å²) in [5.74, 6) is 1.82. The highest BCUT2D eigenvalue weighted by Crippen LogP contribution is 2.42. The lowest BCUT2D eigenvalue weighted by Crippen LogP contribution is -2.50. The van der Waals surface area contributed by atoms with Crippen molar-refractivity contribution >= 4 is 69.0 Å². The van der Waals surface area contributed by atoms with E-state index in [0.717, 1.165) is 74.4 Å². The molecule has 7 rings (SSSR count). The highest BCUT2D eigenvalue weighted by Gasteiger charge is 2.32. The fraction of sp³-hybridized carbons (Fsp3) is 0.344. The van der Waals surface area contributed by atoms with Crippen LogP contribution in [-0.2, 0) is 7.05 Å². The lowest BCUT2D eigenvalue weighted by atomic mass is 10.0. The Morgan fingerprint density at radius 3 is 2.67 bits per heavy atom. The summed E-state index contributed by atoms with van der Waals surface area (Å²) >= 11 is 3.65. The summed E-state index contributed by atoms with van der Waals surface area (Å²) in [6, 6.07) is 8.90. The second kappa shape index (κ2) is 12.5. The molecular formula is C32H36BrN10OP. The molecule has 1 unspecified atom stereocenters. The minimum Gasteiger partial charge on any atom is -0.494 e. The SMILES string of the molecule is COc1cc(N2CCN3CCCC3C2)c(-c2cnn(C)c2)cc1Nc1ncc(Br)c(Nc2ccc3nccnc3c2P(C)C)n1. The van der Waals surface area contributed by atoms with Gasteiger partial charge in [-0.05, 0) is 66.8 Å². The molecular weight excluding hydrogens is 651 g/mol. The molecule has 2 aromatic carbocycles. The number of rotatable bonds is 8. The molecule has 2 N–H and O–H groups in total. The van der Waals surface area contributed by atoms with Crippen LogP contribution in [0.25, 0.3) is 22.2 Å². The predicted octanol–water partition coefficient (Wildman–Crippen LogP) is 5.73. The number of halogens is 1. The van der Waals surface area contributed by atoms with Gasteiger partial charge in [-0.3, -0.25) is 19.5 Å². The molecule has 11 nitrogen and oxygen atoms in total. The standard InChI is InChI=1S/C32H36BrN10OP/c1-41-18-20(16-37-41)22-14-26(28(44-2)15-27(22)43-13-12-42-11-5-6-21(42)19-43)39-32-36-17-23(33)31(40-32)38-25-8-7-24-29(30(25)45(3)4)35-10-9-34-24/h7-10,14-18,21H,5-6,11-13,19H2,1-4H3,(H2,36,38,39,40). The van der Waals surface area contributed by atoms with Crippen LogP contribution in [-0.4, -0.2) is 87.3 Å². The first-order valence-electron chi connectivity index (χ1n) is 15.1. The Balaban J connectivity index is 1.23. The zero-order valence-corrected chi connectivity index (χ0v) is 28.3. The second-order valence-corrected chi connectivity index (χ2v) is 14.8. The molecule has 0 amide bonds. The summed E-state index contributed by atoms with van der Waals surface area (Å²) in [4.78, 5) is 23.7. The Bertz CT molecular complexity index is 1860. The van der Waals surface area contributed by atoms with Crippen LogP contribution in [0.3, 0.4) is 0 Å². The molecule has 5 heterocycles. The van der Waals surface area contributed by atoms with Crippen molar-refractivity contribution in [3.8, 4) is 16.9 Å². The summed E-state index contributed by atoms with van der Waals surface area (Å²) in [5.41, 5.74) is 6.81.